The zero-order valence-electron chi connectivity index (χ0n) is 7.33. The minimum absolute atomic E-state index is 0.338. The zero-order chi connectivity index (χ0) is 10.3. The molecule has 0 saturated heterocycles. The molecule has 2 N–H and O–H groups in total. The molecule has 0 radical (unpaired) electrons. The maximum Gasteiger partial charge on any atom is 0.329 e. The third-order valence-electron chi connectivity index (χ3n) is 2.03. The summed E-state index contributed by atoms with van der Waals surface area (Å²) in [4.78, 5) is 27.6. The lowest BCUT2D eigenvalue weighted by atomic mass is 10.3. The first-order valence-corrected chi connectivity index (χ1v) is 4.33. The molecule has 0 atom stereocenters. The first kappa shape index (κ1) is 8.89. The van der Waals surface area contributed by atoms with Crippen LogP contribution < -0.4 is 11.2 Å². The number of rotatable bonds is 0. The Kier molecular flexibility index (Phi) is 1.85. The van der Waals surface area contributed by atoms with Crippen molar-refractivity contribution < 1.29 is 0 Å². The van der Waals surface area contributed by atoms with E-state index in [2.05, 4.69) is 9.97 Å². The molecule has 0 aromatic carbocycles. The molecule has 0 unspecified atom stereocenters. The Balaban J connectivity index is 3.27. The van der Waals surface area contributed by atoms with Crippen molar-refractivity contribution in [1.82, 2.24) is 14.5 Å². The molecule has 6 heteroatoms. The van der Waals surface area contributed by atoms with Gasteiger partial charge in [0.2, 0.25) is 0 Å². The third-order valence-corrected chi connectivity index (χ3v) is 2.37. The van der Waals surface area contributed by atoms with Gasteiger partial charge in [0, 0.05) is 13.2 Å². The summed E-state index contributed by atoms with van der Waals surface area (Å²) in [7, 11) is 1.56. The topological polar surface area (TPSA) is 70.7 Å². The van der Waals surface area contributed by atoms with Crippen LogP contribution in [-0.4, -0.2) is 14.5 Å². The summed E-state index contributed by atoms with van der Waals surface area (Å²) in [6.07, 6.45) is 1.60. The van der Waals surface area contributed by atoms with E-state index >= 15 is 0 Å². The molecule has 0 aliphatic carbocycles. The van der Waals surface area contributed by atoms with Gasteiger partial charge in [-0.25, -0.2) is 4.79 Å². The summed E-state index contributed by atoms with van der Waals surface area (Å²) in [6.45, 7) is 0. The van der Waals surface area contributed by atoms with Crippen LogP contribution in [0.25, 0.3) is 11.0 Å². The van der Waals surface area contributed by atoms with Crippen LogP contribution in [0, 0.1) is 4.51 Å². The second-order valence-corrected chi connectivity index (χ2v) is 3.32. The average Bonchev–Trinajstić information content (AvgIpc) is 2.14. The molecule has 72 valence electrons. The van der Waals surface area contributed by atoms with Crippen molar-refractivity contribution in [2.45, 2.75) is 0 Å². The molecule has 0 saturated carbocycles. The molecular formula is C8H7N3O2S. The van der Waals surface area contributed by atoms with E-state index in [1.165, 1.54) is 4.57 Å². The normalized spacial score (nSPS) is 10.6. The molecule has 0 bridgehead atoms. The van der Waals surface area contributed by atoms with Gasteiger partial charge in [-0.05, 0) is 6.07 Å². The Hall–Kier alpha value is -1.69. The summed E-state index contributed by atoms with van der Waals surface area (Å²) >= 11 is 4.99. The van der Waals surface area contributed by atoms with Crippen LogP contribution >= 0.6 is 12.2 Å². The number of nitrogens with zero attached hydrogens (tertiary/aromatic N) is 1. The van der Waals surface area contributed by atoms with Crippen molar-refractivity contribution >= 4 is 23.3 Å². The zero-order valence-corrected chi connectivity index (χ0v) is 8.14. The molecule has 0 aliphatic heterocycles. The molecule has 2 aromatic heterocycles. The fourth-order valence-corrected chi connectivity index (χ4v) is 1.55. The van der Waals surface area contributed by atoms with Gasteiger partial charge in [-0.15, -0.1) is 0 Å². The van der Waals surface area contributed by atoms with Gasteiger partial charge in [0.15, 0.2) is 0 Å². The van der Waals surface area contributed by atoms with Crippen LogP contribution in [0.5, 0.6) is 0 Å². The largest absolute Gasteiger partial charge is 0.347 e. The number of fused-ring (bicyclic) bond motifs is 1. The van der Waals surface area contributed by atoms with Crippen LogP contribution in [0.15, 0.2) is 21.9 Å². The standard InChI is InChI=1S/C8H7N3O2S/c1-11-6-5(4(14)2-3-9-6)7(12)10-8(11)13/h2-3H,1H3,(H,9,14)(H,10,12,13). The highest BCUT2D eigenvalue weighted by Gasteiger charge is 2.04. The van der Waals surface area contributed by atoms with Crippen LogP contribution in [0.1, 0.15) is 0 Å². The van der Waals surface area contributed by atoms with Crippen LogP contribution in [-0.2, 0) is 7.05 Å². The van der Waals surface area contributed by atoms with Gasteiger partial charge in [-0.3, -0.25) is 14.3 Å². The van der Waals surface area contributed by atoms with Gasteiger partial charge in [-0.2, -0.15) is 0 Å². The van der Waals surface area contributed by atoms with Gasteiger partial charge in [0.05, 0.1) is 9.90 Å². The lowest BCUT2D eigenvalue weighted by Gasteiger charge is -2.01. The molecule has 5 nitrogen and oxygen atoms in total. The maximum absolute atomic E-state index is 11.4. The van der Waals surface area contributed by atoms with Crippen molar-refractivity contribution in [2.75, 3.05) is 0 Å². The number of H-pyrrole nitrogens is 2. The molecule has 0 spiro atoms. The molecule has 0 fully saturated rings. The Labute approximate surface area is 83.0 Å². The van der Waals surface area contributed by atoms with E-state index < -0.39 is 11.2 Å². The number of hydrogen-bond acceptors (Lipinski definition) is 3. The molecule has 2 aromatic rings. The van der Waals surface area contributed by atoms with Crippen molar-refractivity contribution in [3.05, 3.63) is 37.6 Å². The quantitative estimate of drug-likeness (QED) is 0.612. The van der Waals surface area contributed by atoms with E-state index in [9.17, 15) is 9.59 Å². The van der Waals surface area contributed by atoms with Crippen molar-refractivity contribution in [3.8, 4) is 0 Å². The second-order valence-electron chi connectivity index (χ2n) is 2.88. The van der Waals surface area contributed by atoms with Gasteiger partial charge in [0.1, 0.15) is 5.65 Å². The summed E-state index contributed by atoms with van der Waals surface area (Å²) in [5.41, 5.74) is -0.476. The molecule has 14 heavy (non-hydrogen) atoms. The van der Waals surface area contributed by atoms with Gasteiger partial charge < -0.3 is 4.98 Å². The molecule has 0 amide bonds. The lowest BCUT2D eigenvalue weighted by Crippen LogP contribution is -2.29. The Morgan fingerprint density at radius 2 is 2.14 bits per heavy atom. The van der Waals surface area contributed by atoms with Crippen molar-refractivity contribution in [2.24, 2.45) is 7.05 Å². The van der Waals surface area contributed by atoms with E-state index in [0.29, 0.717) is 15.5 Å². The molecule has 2 heterocycles. The summed E-state index contributed by atoms with van der Waals surface area (Å²) in [6, 6.07) is 1.61. The van der Waals surface area contributed by atoms with E-state index in [1.807, 2.05) is 0 Å². The smallest absolute Gasteiger partial charge is 0.329 e. The summed E-state index contributed by atoms with van der Waals surface area (Å²) < 4.78 is 1.74. The number of aromatic amines is 2. The number of aromatic nitrogens is 3. The SMILES string of the molecule is Cn1c(=O)[nH]c(=O)c2c(=S)cc[nH]c21. The monoisotopic (exact) mass is 209 g/mol. The van der Waals surface area contributed by atoms with Crippen molar-refractivity contribution in [3.63, 3.8) is 0 Å². The van der Waals surface area contributed by atoms with Gasteiger partial charge >= 0.3 is 5.69 Å². The molecule has 0 aliphatic rings. The van der Waals surface area contributed by atoms with Crippen LogP contribution in [0.4, 0.5) is 0 Å². The van der Waals surface area contributed by atoms with E-state index in [0.717, 1.165) is 0 Å². The number of pyridine rings is 1. The van der Waals surface area contributed by atoms with Crippen molar-refractivity contribution in [1.29, 1.82) is 0 Å². The predicted molar refractivity (Wildman–Crippen MR) is 55.0 cm³/mol. The first-order valence-electron chi connectivity index (χ1n) is 3.92. The van der Waals surface area contributed by atoms with Crippen LogP contribution in [0.2, 0.25) is 0 Å². The number of nitrogens with one attached hydrogen (secondary N) is 2. The Morgan fingerprint density at radius 1 is 1.43 bits per heavy atom. The number of hydrogen-bond donors (Lipinski definition) is 2. The predicted octanol–water partition coefficient (Wildman–Crippen LogP) is 0.284. The van der Waals surface area contributed by atoms with Crippen LogP contribution in [0.3, 0.4) is 0 Å². The van der Waals surface area contributed by atoms with Gasteiger partial charge in [0.25, 0.3) is 5.56 Å². The average molecular weight is 209 g/mol. The first-order chi connectivity index (χ1) is 6.61. The maximum atomic E-state index is 11.4. The van der Waals surface area contributed by atoms with E-state index in [-0.39, 0.29) is 0 Å². The molecular weight excluding hydrogens is 202 g/mol. The highest BCUT2D eigenvalue weighted by atomic mass is 32.1. The highest BCUT2D eigenvalue weighted by Crippen LogP contribution is 2.03. The highest BCUT2D eigenvalue weighted by molar-refractivity contribution is 7.71. The fourth-order valence-electron chi connectivity index (χ4n) is 1.30. The van der Waals surface area contributed by atoms with Gasteiger partial charge in [-0.1, -0.05) is 12.2 Å². The fraction of sp³-hybridized carbons (Fsp3) is 0.125. The summed E-state index contributed by atoms with van der Waals surface area (Å²) in [5, 5.41) is 0.338. The third kappa shape index (κ3) is 1.12. The number of aryl methyl sites for hydroxylation is 1. The second kappa shape index (κ2) is 2.91. The minimum Gasteiger partial charge on any atom is -0.347 e. The minimum atomic E-state index is -0.459. The van der Waals surface area contributed by atoms with E-state index in [1.54, 1.807) is 19.3 Å². The lowest BCUT2D eigenvalue weighted by molar-refractivity contribution is 0.828. The molecule has 2 rings (SSSR count). The Morgan fingerprint density at radius 3 is 2.86 bits per heavy atom. The Bertz CT molecular complexity index is 665. The summed E-state index contributed by atoms with van der Waals surface area (Å²) in [5.74, 6) is 0. The van der Waals surface area contributed by atoms with E-state index in [4.69, 9.17) is 12.2 Å².